The van der Waals surface area contributed by atoms with Crippen molar-refractivity contribution in [1.29, 1.82) is 0 Å². The van der Waals surface area contributed by atoms with E-state index in [1.54, 1.807) is 6.07 Å². The lowest BCUT2D eigenvalue weighted by molar-refractivity contribution is -0.139. The second-order valence-electron chi connectivity index (χ2n) is 2.59. The van der Waals surface area contributed by atoms with Gasteiger partial charge in [-0.15, -0.1) is 0 Å². The van der Waals surface area contributed by atoms with Crippen LogP contribution in [0.2, 0.25) is 5.02 Å². The van der Waals surface area contributed by atoms with Crippen LogP contribution in [0.3, 0.4) is 0 Å². The van der Waals surface area contributed by atoms with Gasteiger partial charge in [-0.05, 0) is 27.6 Å². The van der Waals surface area contributed by atoms with Crippen molar-refractivity contribution in [2.45, 2.75) is 6.42 Å². The minimum atomic E-state index is -0.562. The van der Waals surface area contributed by atoms with Gasteiger partial charge in [0.05, 0.1) is 23.0 Å². The smallest absolute Gasteiger partial charge is 0.310 e. The molecule has 0 aliphatic rings. The molecule has 0 aliphatic heterocycles. The van der Waals surface area contributed by atoms with Crippen LogP contribution in [0.1, 0.15) is 5.56 Å². The van der Waals surface area contributed by atoms with Gasteiger partial charge < -0.3 is 4.74 Å². The molecule has 0 atom stereocenters. The highest BCUT2D eigenvalue weighted by atomic mass is 79.9. The molecule has 2 nitrogen and oxygen atoms in total. The van der Waals surface area contributed by atoms with Crippen LogP contribution < -0.4 is 0 Å². The Morgan fingerprint density at radius 1 is 1.64 bits per heavy atom. The Morgan fingerprint density at radius 2 is 2.29 bits per heavy atom. The van der Waals surface area contributed by atoms with Gasteiger partial charge >= 0.3 is 5.97 Å². The quantitative estimate of drug-likeness (QED) is 0.615. The number of carbonyl (C=O) groups is 1. The molecule has 0 amide bonds. The van der Waals surface area contributed by atoms with Crippen molar-refractivity contribution in [3.63, 3.8) is 0 Å². The summed E-state index contributed by atoms with van der Waals surface area (Å²) in [6, 6.07) is 3.08. The van der Waals surface area contributed by atoms with Crippen molar-refractivity contribution >= 4 is 33.5 Å². The molecule has 0 fully saturated rings. The van der Waals surface area contributed by atoms with Crippen LogP contribution in [0.5, 0.6) is 0 Å². The first-order valence-electron chi connectivity index (χ1n) is 3.75. The lowest BCUT2D eigenvalue weighted by atomic mass is 10.1. The standard InChI is InChI=1S/C9H7BrClFO2/c1-14-7(13)4-5-2-3-6(10)9(12)8(5)11/h2-3H,4H2,1H3. The molecule has 5 heteroatoms. The van der Waals surface area contributed by atoms with Gasteiger partial charge in [0, 0.05) is 0 Å². The Kier molecular flexibility index (Phi) is 3.89. The highest BCUT2D eigenvalue weighted by Crippen LogP contribution is 2.27. The molecule has 0 unspecified atom stereocenters. The molecule has 0 saturated carbocycles. The Labute approximate surface area is 94.1 Å². The van der Waals surface area contributed by atoms with Crippen molar-refractivity contribution in [2.75, 3.05) is 7.11 Å². The van der Waals surface area contributed by atoms with Gasteiger partial charge in [0.1, 0.15) is 0 Å². The predicted molar refractivity (Wildman–Crippen MR) is 54.8 cm³/mol. The lowest BCUT2D eigenvalue weighted by Crippen LogP contribution is -2.05. The molecule has 0 heterocycles. The summed E-state index contributed by atoms with van der Waals surface area (Å²) in [7, 11) is 1.27. The van der Waals surface area contributed by atoms with E-state index >= 15 is 0 Å². The van der Waals surface area contributed by atoms with Gasteiger partial charge in [0.15, 0.2) is 5.82 Å². The van der Waals surface area contributed by atoms with Gasteiger partial charge in [-0.3, -0.25) is 4.79 Å². The van der Waals surface area contributed by atoms with Crippen molar-refractivity contribution < 1.29 is 13.9 Å². The minimum Gasteiger partial charge on any atom is -0.469 e. The van der Waals surface area contributed by atoms with Crippen LogP contribution >= 0.6 is 27.5 Å². The summed E-state index contributed by atoms with van der Waals surface area (Å²) in [4.78, 5) is 10.9. The molecule has 0 radical (unpaired) electrons. The second kappa shape index (κ2) is 4.75. The number of hydrogen-bond donors (Lipinski definition) is 0. The van der Waals surface area contributed by atoms with Crippen LogP contribution in [0.15, 0.2) is 16.6 Å². The zero-order valence-electron chi connectivity index (χ0n) is 7.31. The van der Waals surface area contributed by atoms with Crippen LogP contribution in [0, 0.1) is 5.82 Å². The maximum absolute atomic E-state index is 13.2. The van der Waals surface area contributed by atoms with Crippen LogP contribution in [-0.2, 0) is 16.0 Å². The number of carbonyl (C=O) groups excluding carboxylic acids is 1. The maximum atomic E-state index is 13.2. The normalized spacial score (nSPS) is 10.0. The van der Waals surface area contributed by atoms with Gasteiger partial charge in [-0.1, -0.05) is 17.7 Å². The van der Waals surface area contributed by atoms with E-state index in [9.17, 15) is 9.18 Å². The molecule has 0 aliphatic carbocycles. The van der Waals surface area contributed by atoms with Crippen molar-refractivity contribution in [1.82, 2.24) is 0 Å². The highest BCUT2D eigenvalue weighted by Gasteiger charge is 2.12. The third-order valence-electron chi connectivity index (χ3n) is 1.68. The van der Waals surface area contributed by atoms with Gasteiger partial charge in [0.2, 0.25) is 0 Å². The molecule has 0 saturated heterocycles. The average molecular weight is 282 g/mol. The first-order chi connectivity index (χ1) is 6.56. The van der Waals surface area contributed by atoms with Gasteiger partial charge in [-0.2, -0.15) is 0 Å². The fourth-order valence-electron chi connectivity index (χ4n) is 0.930. The molecule has 0 N–H and O–H groups in total. The van der Waals surface area contributed by atoms with E-state index in [1.807, 2.05) is 0 Å². The van der Waals surface area contributed by atoms with E-state index < -0.39 is 11.8 Å². The van der Waals surface area contributed by atoms with E-state index in [0.29, 0.717) is 5.56 Å². The number of rotatable bonds is 2. The summed E-state index contributed by atoms with van der Waals surface area (Å²) in [5.74, 6) is -1.01. The first-order valence-corrected chi connectivity index (χ1v) is 4.92. The Morgan fingerprint density at radius 3 is 2.86 bits per heavy atom. The summed E-state index contributed by atoms with van der Waals surface area (Å²) in [6.07, 6.45) is -0.0282. The van der Waals surface area contributed by atoms with Gasteiger partial charge in [-0.25, -0.2) is 4.39 Å². The highest BCUT2D eigenvalue weighted by molar-refractivity contribution is 9.10. The molecule has 1 aromatic carbocycles. The fourth-order valence-corrected chi connectivity index (χ4v) is 1.61. The zero-order chi connectivity index (χ0) is 10.7. The lowest BCUT2D eigenvalue weighted by Gasteiger charge is -2.04. The van der Waals surface area contributed by atoms with Crippen LogP contribution in [0.25, 0.3) is 0 Å². The van der Waals surface area contributed by atoms with E-state index in [2.05, 4.69) is 20.7 Å². The third-order valence-corrected chi connectivity index (χ3v) is 2.70. The summed E-state index contributed by atoms with van der Waals surface area (Å²) in [5.41, 5.74) is 0.416. The van der Waals surface area contributed by atoms with Crippen molar-refractivity contribution in [3.8, 4) is 0 Å². The molecule has 0 bridgehead atoms. The number of benzene rings is 1. The van der Waals surface area contributed by atoms with E-state index in [1.165, 1.54) is 13.2 Å². The second-order valence-corrected chi connectivity index (χ2v) is 3.82. The summed E-state index contributed by atoms with van der Waals surface area (Å²) < 4.78 is 17.9. The number of ether oxygens (including phenoxy) is 1. The molecule has 76 valence electrons. The number of halogens is 3. The topological polar surface area (TPSA) is 26.3 Å². The molecule has 1 aromatic rings. The Hall–Kier alpha value is -0.610. The van der Waals surface area contributed by atoms with Crippen LogP contribution in [-0.4, -0.2) is 13.1 Å². The summed E-state index contributed by atoms with van der Waals surface area (Å²) >= 11 is 8.67. The largest absolute Gasteiger partial charge is 0.469 e. The zero-order valence-corrected chi connectivity index (χ0v) is 9.65. The van der Waals surface area contributed by atoms with E-state index in [-0.39, 0.29) is 15.9 Å². The van der Waals surface area contributed by atoms with Crippen molar-refractivity contribution in [2.24, 2.45) is 0 Å². The van der Waals surface area contributed by atoms with Crippen molar-refractivity contribution in [3.05, 3.63) is 33.0 Å². The number of esters is 1. The average Bonchev–Trinajstić information content (AvgIpc) is 2.19. The molecule has 0 aromatic heterocycles. The molecule has 1 rings (SSSR count). The predicted octanol–water partition coefficient (Wildman–Crippen LogP) is 2.96. The van der Waals surface area contributed by atoms with E-state index in [4.69, 9.17) is 11.6 Å². The molecular weight excluding hydrogens is 274 g/mol. The minimum absolute atomic E-state index is 0.0282. The molecule has 0 spiro atoms. The number of hydrogen-bond acceptors (Lipinski definition) is 2. The molecular formula is C9H7BrClFO2. The monoisotopic (exact) mass is 280 g/mol. The maximum Gasteiger partial charge on any atom is 0.310 e. The summed E-state index contributed by atoms with van der Waals surface area (Å²) in [5, 5.41) is -0.0511. The first kappa shape index (κ1) is 11.5. The molecule has 14 heavy (non-hydrogen) atoms. The van der Waals surface area contributed by atoms with Gasteiger partial charge in [0.25, 0.3) is 0 Å². The SMILES string of the molecule is COC(=O)Cc1ccc(Br)c(F)c1Cl. The van der Waals surface area contributed by atoms with Crippen LogP contribution in [0.4, 0.5) is 4.39 Å². The Bertz CT molecular complexity index is 368. The third kappa shape index (κ3) is 2.45. The Balaban J connectivity index is 3.00. The fraction of sp³-hybridized carbons (Fsp3) is 0.222. The van der Waals surface area contributed by atoms with E-state index in [0.717, 1.165) is 0 Å². The summed E-state index contributed by atoms with van der Waals surface area (Å²) in [6.45, 7) is 0. The number of methoxy groups -OCH3 is 1.